The molecule has 24 heavy (non-hydrogen) atoms. The van der Waals surface area contributed by atoms with Gasteiger partial charge >= 0.3 is 0 Å². The maximum Gasteiger partial charge on any atom is 0.245 e. The molecule has 0 atom stereocenters. The van der Waals surface area contributed by atoms with E-state index in [-0.39, 0.29) is 0 Å². The van der Waals surface area contributed by atoms with E-state index in [0.29, 0.717) is 24.7 Å². The van der Waals surface area contributed by atoms with E-state index in [1.54, 1.807) is 0 Å². The van der Waals surface area contributed by atoms with E-state index in [1.165, 1.54) is 16.3 Å². The molecule has 0 saturated heterocycles. The molecule has 118 valence electrons. The second-order valence-electron chi connectivity index (χ2n) is 5.68. The largest absolute Gasteiger partial charge is 0.376 e. The van der Waals surface area contributed by atoms with E-state index < -0.39 is 0 Å². The van der Waals surface area contributed by atoms with Crippen molar-refractivity contribution in [1.82, 2.24) is 10.1 Å². The minimum absolute atomic E-state index is 0.514. The van der Waals surface area contributed by atoms with Crippen molar-refractivity contribution in [3.63, 3.8) is 0 Å². The summed E-state index contributed by atoms with van der Waals surface area (Å²) in [6, 6.07) is 24.7. The Bertz CT molecular complexity index is 947. The Kier molecular flexibility index (Phi) is 3.94. The van der Waals surface area contributed by atoms with E-state index in [2.05, 4.69) is 57.9 Å². The van der Waals surface area contributed by atoms with Crippen LogP contribution in [-0.2, 0) is 13.0 Å². The fraction of sp³-hybridized carbons (Fsp3) is 0.100. The van der Waals surface area contributed by atoms with E-state index in [9.17, 15) is 0 Å². The maximum absolute atomic E-state index is 5.32. The summed E-state index contributed by atoms with van der Waals surface area (Å²) in [7, 11) is 0. The first-order valence-electron chi connectivity index (χ1n) is 7.95. The molecule has 0 aliphatic rings. The summed E-state index contributed by atoms with van der Waals surface area (Å²) in [4.78, 5) is 4.44. The molecule has 0 unspecified atom stereocenters. The van der Waals surface area contributed by atoms with Gasteiger partial charge in [0.1, 0.15) is 0 Å². The highest BCUT2D eigenvalue weighted by Crippen LogP contribution is 2.19. The molecule has 3 aromatic carbocycles. The van der Waals surface area contributed by atoms with Gasteiger partial charge in [-0.1, -0.05) is 65.8 Å². The molecule has 4 nitrogen and oxygen atoms in total. The molecule has 0 aliphatic heterocycles. The average molecular weight is 315 g/mol. The highest BCUT2D eigenvalue weighted by Gasteiger charge is 2.07. The number of fused-ring (bicyclic) bond motifs is 1. The third-order valence-electron chi connectivity index (χ3n) is 3.91. The highest BCUT2D eigenvalue weighted by atomic mass is 16.5. The molecular formula is C20H17N3O. The van der Waals surface area contributed by atoms with Crippen molar-refractivity contribution in [2.75, 3.05) is 5.32 Å². The topological polar surface area (TPSA) is 51.0 Å². The summed E-state index contributed by atoms with van der Waals surface area (Å²) >= 11 is 0. The number of nitrogens with one attached hydrogen (secondary N) is 1. The highest BCUT2D eigenvalue weighted by molar-refractivity contribution is 5.85. The van der Waals surface area contributed by atoms with Gasteiger partial charge in [0.2, 0.25) is 5.89 Å². The molecule has 4 heteroatoms. The minimum atomic E-state index is 0.514. The summed E-state index contributed by atoms with van der Waals surface area (Å²) < 4.78 is 5.32. The molecule has 0 amide bonds. The lowest BCUT2D eigenvalue weighted by atomic mass is 10.1. The first kappa shape index (κ1) is 14.5. The zero-order valence-electron chi connectivity index (χ0n) is 13.1. The SMILES string of the molecule is c1ccc(Cc2noc(CNc3ccc4ccccc4c3)n2)cc1. The summed E-state index contributed by atoms with van der Waals surface area (Å²) in [5.41, 5.74) is 2.21. The monoisotopic (exact) mass is 315 g/mol. The number of rotatable bonds is 5. The normalized spacial score (nSPS) is 10.8. The van der Waals surface area contributed by atoms with Crippen molar-refractivity contribution in [3.05, 3.63) is 90.1 Å². The molecule has 0 spiro atoms. The molecule has 1 heterocycles. The number of hydrogen-bond donors (Lipinski definition) is 1. The average Bonchev–Trinajstić information content (AvgIpc) is 3.08. The second kappa shape index (κ2) is 6.54. The van der Waals surface area contributed by atoms with Gasteiger partial charge in [0.25, 0.3) is 0 Å². The second-order valence-corrected chi connectivity index (χ2v) is 5.68. The third-order valence-corrected chi connectivity index (χ3v) is 3.91. The minimum Gasteiger partial charge on any atom is -0.376 e. The van der Waals surface area contributed by atoms with Gasteiger partial charge in [0.15, 0.2) is 5.82 Å². The van der Waals surface area contributed by atoms with Crippen molar-refractivity contribution >= 4 is 16.5 Å². The molecule has 0 aliphatic carbocycles. The van der Waals surface area contributed by atoms with Crippen LogP contribution in [0.1, 0.15) is 17.3 Å². The molecule has 0 saturated carbocycles. The van der Waals surface area contributed by atoms with Gasteiger partial charge in [0.05, 0.1) is 6.54 Å². The summed E-state index contributed by atoms with van der Waals surface area (Å²) in [6.45, 7) is 0.514. The molecule has 1 N–H and O–H groups in total. The lowest BCUT2D eigenvalue weighted by Crippen LogP contribution is -2.00. The maximum atomic E-state index is 5.32. The Morgan fingerprint density at radius 1 is 0.833 bits per heavy atom. The predicted octanol–water partition coefficient (Wildman–Crippen LogP) is 4.43. The van der Waals surface area contributed by atoms with Crippen LogP contribution in [0.2, 0.25) is 0 Å². The first-order chi connectivity index (χ1) is 11.9. The van der Waals surface area contributed by atoms with E-state index in [0.717, 1.165) is 5.69 Å². The van der Waals surface area contributed by atoms with Crippen LogP contribution in [-0.4, -0.2) is 10.1 Å². The van der Waals surface area contributed by atoms with Crippen LogP contribution in [0.3, 0.4) is 0 Å². The number of anilines is 1. The van der Waals surface area contributed by atoms with E-state index >= 15 is 0 Å². The fourth-order valence-electron chi connectivity index (χ4n) is 2.69. The smallest absolute Gasteiger partial charge is 0.245 e. The molecule has 1 aromatic heterocycles. The van der Waals surface area contributed by atoms with Crippen LogP contribution in [0.5, 0.6) is 0 Å². The van der Waals surface area contributed by atoms with Gasteiger partial charge < -0.3 is 9.84 Å². The Labute approximate surface area is 140 Å². The van der Waals surface area contributed by atoms with Gasteiger partial charge in [0, 0.05) is 12.1 Å². The molecule has 0 bridgehead atoms. The van der Waals surface area contributed by atoms with Gasteiger partial charge in [-0.2, -0.15) is 4.98 Å². The van der Waals surface area contributed by atoms with Crippen molar-refractivity contribution in [3.8, 4) is 0 Å². The van der Waals surface area contributed by atoms with Crippen LogP contribution >= 0.6 is 0 Å². The van der Waals surface area contributed by atoms with Gasteiger partial charge in [-0.25, -0.2) is 0 Å². The Balaban J connectivity index is 1.42. The predicted molar refractivity (Wildman–Crippen MR) is 94.8 cm³/mol. The van der Waals surface area contributed by atoms with Crippen LogP contribution in [0.15, 0.2) is 77.3 Å². The van der Waals surface area contributed by atoms with Crippen LogP contribution < -0.4 is 5.32 Å². The molecule has 4 rings (SSSR count). The zero-order chi connectivity index (χ0) is 16.2. The Morgan fingerprint density at radius 3 is 2.50 bits per heavy atom. The fourth-order valence-corrected chi connectivity index (χ4v) is 2.69. The number of aromatic nitrogens is 2. The standard InChI is InChI=1S/C20H17N3O/c1-2-6-15(7-3-1)12-19-22-20(24-23-19)14-21-18-11-10-16-8-4-5-9-17(16)13-18/h1-11,13,21H,12,14H2. The van der Waals surface area contributed by atoms with Crippen molar-refractivity contribution in [1.29, 1.82) is 0 Å². The van der Waals surface area contributed by atoms with Gasteiger partial charge in [-0.05, 0) is 28.5 Å². The van der Waals surface area contributed by atoms with Gasteiger partial charge in [-0.15, -0.1) is 0 Å². The third kappa shape index (κ3) is 3.27. The lowest BCUT2D eigenvalue weighted by Gasteiger charge is -2.05. The molecule has 0 radical (unpaired) electrons. The van der Waals surface area contributed by atoms with E-state index in [1.807, 2.05) is 30.3 Å². The molecule has 0 fully saturated rings. The summed E-state index contributed by atoms with van der Waals surface area (Å²) in [5, 5.41) is 9.82. The zero-order valence-corrected chi connectivity index (χ0v) is 13.1. The summed E-state index contributed by atoms with van der Waals surface area (Å²) in [5.74, 6) is 1.30. The van der Waals surface area contributed by atoms with Gasteiger partial charge in [-0.3, -0.25) is 0 Å². The molecular weight excluding hydrogens is 298 g/mol. The number of nitrogens with zero attached hydrogens (tertiary/aromatic N) is 2. The van der Waals surface area contributed by atoms with Crippen LogP contribution in [0.4, 0.5) is 5.69 Å². The van der Waals surface area contributed by atoms with E-state index in [4.69, 9.17) is 4.52 Å². The molecule has 4 aromatic rings. The Morgan fingerprint density at radius 2 is 1.62 bits per heavy atom. The quantitative estimate of drug-likeness (QED) is 0.592. The van der Waals surface area contributed by atoms with Crippen molar-refractivity contribution in [2.24, 2.45) is 0 Å². The lowest BCUT2D eigenvalue weighted by molar-refractivity contribution is 0.378. The van der Waals surface area contributed by atoms with Crippen molar-refractivity contribution in [2.45, 2.75) is 13.0 Å². The Hall–Kier alpha value is -3.14. The van der Waals surface area contributed by atoms with Crippen LogP contribution in [0.25, 0.3) is 10.8 Å². The number of benzene rings is 3. The first-order valence-corrected chi connectivity index (χ1v) is 7.95. The van der Waals surface area contributed by atoms with Crippen LogP contribution in [0, 0.1) is 0 Å². The van der Waals surface area contributed by atoms with Crippen molar-refractivity contribution < 1.29 is 4.52 Å². The summed E-state index contributed by atoms with van der Waals surface area (Å²) in [6.07, 6.45) is 0.681. The number of hydrogen-bond acceptors (Lipinski definition) is 4.